The number of aliphatic carboxylic acids is 1. The summed E-state index contributed by atoms with van der Waals surface area (Å²) in [4.78, 5) is 10.9. The van der Waals surface area contributed by atoms with Crippen LogP contribution in [0.2, 0.25) is 0 Å². The molecule has 0 atom stereocenters. The maximum atomic E-state index is 10.9. The Bertz CT molecular complexity index is 655. The molecule has 1 N–H and O–H groups in total. The number of benzene rings is 1. The van der Waals surface area contributed by atoms with Gasteiger partial charge in [-0.3, -0.25) is 4.79 Å². The highest BCUT2D eigenvalue weighted by atomic mass is 16.4. The van der Waals surface area contributed by atoms with E-state index in [0.29, 0.717) is 6.54 Å². The van der Waals surface area contributed by atoms with Crippen molar-refractivity contribution < 1.29 is 9.90 Å². The summed E-state index contributed by atoms with van der Waals surface area (Å²) in [6.07, 6.45) is 5.94. The third-order valence-corrected chi connectivity index (χ3v) is 4.40. The van der Waals surface area contributed by atoms with Crippen molar-refractivity contribution in [1.29, 1.82) is 0 Å². The van der Waals surface area contributed by atoms with Gasteiger partial charge in [-0.05, 0) is 55.4 Å². The van der Waals surface area contributed by atoms with Gasteiger partial charge in [-0.15, -0.1) is 0 Å². The van der Waals surface area contributed by atoms with Gasteiger partial charge in [0.2, 0.25) is 0 Å². The molecule has 3 nitrogen and oxygen atoms in total. The highest BCUT2D eigenvalue weighted by Gasteiger charge is 2.20. The smallest absolute Gasteiger partial charge is 0.305 e. The molecule has 1 aromatic carbocycles. The fraction of sp³-hybridized carbons (Fsp3) is 0.471. The topological polar surface area (TPSA) is 42.2 Å². The molecule has 106 valence electrons. The zero-order valence-electron chi connectivity index (χ0n) is 12.0. The highest BCUT2D eigenvalue weighted by Crippen LogP contribution is 2.33. The van der Waals surface area contributed by atoms with Gasteiger partial charge >= 0.3 is 5.97 Å². The molecule has 3 heteroatoms. The summed E-state index contributed by atoms with van der Waals surface area (Å²) in [5.41, 5.74) is 5.42. The second-order valence-electron chi connectivity index (χ2n) is 5.63. The maximum absolute atomic E-state index is 10.9. The standard InChI is InChI=1S/C17H21NO2/c1-2-12-7-8-16-14(11-12)13-5-3-4-6-15(13)18(16)10-9-17(19)20/h7-8,11H,2-6,9-10H2,1H3,(H,19,20). The molecule has 0 spiro atoms. The van der Waals surface area contributed by atoms with Gasteiger partial charge in [-0.25, -0.2) is 0 Å². The average molecular weight is 271 g/mol. The van der Waals surface area contributed by atoms with Crippen LogP contribution in [0.25, 0.3) is 10.9 Å². The summed E-state index contributed by atoms with van der Waals surface area (Å²) in [6, 6.07) is 6.65. The number of rotatable bonds is 4. The second kappa shape index (κ2) is 5.31. The van der Waals surface area contributed by atoms with Crippen LogP contribution in [0.15, 0.2) is 18.2 Å². The van der Waals surface area contributed by atoms with E-state index in [1.54, 1.807) is 0 Å². The lowest BCUT2D eigenvalue weighted by atomic mass is 9.95. The number of aromatic nitrogens is 1. The van der Waals surface area contributed by atoms with Gasteiger partial charge in [0.1, 0.15) is 0 Å². The second-order valence-corrected chi connectivity index (χ2v) is 5.63. The van der Waals surface area contributed by atoms with Crippen LogP contribution in [0, 0.1) is 0 Å². The Morgan fingerprint density at radius 3 is 2.85 bits per heavy atom. The Labute approximate surface area is 119 Å². The molecule has 0 saturated heterocycles. The van der Waals surface area contributed by atoms with Crippen molar-refractivity contribution in [1.82, 2.24) is 4.57 Å². The van der Waals surface area contributed by atoms with Crippen molar-refractivity contribution in [3.05, 3.63) is 35.0 Å². The first-order chi connectivity index (χ1) is 9.70. The molecule has 0 radical (unpaired) electrons. The van der Waals surface area contributed by atoms with Crippen LogP contribution in [0.3, 0.4) is 0 Å². The third-order valence-electron chi connectivity index (χ3n) is 4.40. The van der Waals surface area contributed by atoms with Crippen molar-refractivity contribution in [3.8, 4) is 0 Å². The predicted molar refractivity (Wildman–Crippen MR) is 80.2 cm³/mol. The first-order valence-electron chi connectivity index (χ1n) is 7.55. The number of carboxylic acids is 1. The number of aryl methyl sites for hydroxylation is 3. The minimum Gasteiger partial charge on any atom is -0.481 e. The van der Waals surface area contributed by atoms with E-state index >= 15 is 0 Å². The van der Waals surface area contributed by atoms with Gasteiger partial charge in [-0.2, -0.15) is 0 Å². The number of carboxylic acid groups (broad SMARTS) is 1. The molecule has 0 amide bonds. The van der Waals surface area contributed by atoms with E-state index in [4.69, 9.17) is 5.11 Å². The monoisotopic (exact) mass is 271 g/mol. The van der Waals surface area contributed by atoms with Crippen LogP contribution in [0.1, 0.15) is 43.0 Å². The summed E-state index contributed by atoms with van der Waals surface area (Å²) < 4.78 is 2.25. The summed E-state index contributed by atoms with van der Waals surface area (Å²) >= 11 is 0. The summed E-state index contributed by atoms with van der Waals surface area (Å²) in [5.74, 6) is -0.721. The Morgan fingerprint density at radius 2 is 2.10 bits per heavy atom. The van der Waals surface area contributed by atoms with E-state index in [0.717, 1.165) is 19.3 Å². The first kappa shape index (κ1) is 13.2. The van der Waals surface area contributed by atoms with Crippen LogP contribution in [0.4, 0.5) is 0 Å². The SMILES string of the molecule is CCc1ccc2c(c1)c1c(n2CCC(=O)O)CCCC1. The molecule has 2 aromatic rings. The Morgan fingerprint density at radius 1 is 1.30 bits per heavy atom. The van der Waals surface area contributed by atoms with Crippen molar-refractivity contribution in [2.45, 2.75) is 52.0 Å². The third kappa shape index (κ3) is 2.21. The molecule has 0 aliphatic heterocycles. The number of nitrogens with zero attached hydrogens (tertiary/aromatic N) is 1. The van der Waals surface area contributed by atoms with Gasteiger partial charge in [0.25, 0.3) is 0 Å². The molecule has 3 rings (SSSR count). The molecular formula is C17H21NO2. The van der Waals surface area contributed by atoms with Crippen LogP contribution < -0.4 is 0 Å². The minimum absolute atomic E-state index is 0.200. The Kier molecular flexibility index (Phi) is 3.51. The fourth-order valence-corrected chi connectivity index (χ4v) is 3.37. The summed E-state index contributed by atoms with van der Waals surface area (Å²) in [6.45, 7) is 2.77. The zero-order valence-corrected chi connectivity index (χ0v) is 12.0. The molecule has 0 saturated carbocycles. The van der Waals surface area contributed by atoms with Crippen LogP contribution in [-0.2, 0) is 30.6 Å². The van der Waals surface area contributed by atoms with Crippen molar-refractivity contribution in [2.75, 3.05) is 0 Å². The highest BCUT2D eigenvalue weighted by molar-refractivity contribution is 5.86. The number of fused-ring (bicyclic) bond motifs is 3. The molecular weight excluding hydrogens is 250 g/mol. The number of carbonyl (C=O) groups is 1. The van der Waals surface area contributed by atoms with Crippen molar-refractivity contribution >= 4 is 16.9 Å². The Balaban J connectivity index is 2.14. The van der Waals surface area contributed by atoms with E-state index in [-0.39, 0.29) is 6.42 Å². The van der Waals surface area contributed by atoms with Gasteiger partial charge < -0.3 is 9.67 Å². The zero-order chi connectivity index (χ0) is 14.1. The van der Waals surface area contributed by atoms with Gasteiger partial charge in [0, 0.05) is 23.1 Å². The van der Waals surface area contributed by atoms with Crippen LogP contribution in [-0.4, -0.2) is 15.6 Å². The lowest BCUT2D eigenvalue weighted by Gasteiger charge is -2.15. The molecule has 0 fully saturated rings. The lowest BCUT2D eigenvalue weighted by molar-refractivity contribution is -0.137. The van der Waals surface area contributed by atoms with E-state index in [9.17, 15) is 4.79 Å². The van der Waals surface area contributed by atoms with E-state index in [1.165, 1.54) is 40.6 Å². The molecule has 1 aliphatic rings. The number of hydrogen-bond donors (Lipinski definition) is 1. The van der Waals surface area contributed by atoms with Gasteiger partial charge in [0.05, 0.1) is 6.42 Å². The normalized spacial score (nSPS) is 14.4. The van der Waals surface area contributed by atoms with Gasteiger partial charge in [-0.1, -0.05) is 13.0 Å². The largest absolute Gasteiger partial charge is 0.481 e. The molecule has 0 bridgehead atoms. The molecule has 20 heavy (non-hydrogen) atoms. The molecule has 1 heterocycles. The first-order valence-corrected chi connectivity index (χ1v) is 7.55. The molecule has 1 aliphatic carbocycles. The fourth-order valence-electron chi connectivity index (χ4n) is 3.37. The maximum Gasteiger partial charge on any atom is 0.305 e. The van der Waals surface area contributed by atoms with Crippen molar-refractivity contribution in [2.24, 2.45) is 0 Å². The summed E-state index contributed by atoms with van der Waals surface area (Å²) in [5, 5.41) is 10.3. The van der Waals surface area contributed by atoms with E-state index in [2.05, 4.69) is 29.7 Å². The molecule has 0 unspecified atom stereocenters. The van der Waals surface area contributed by atoms with Crippen LogP contribution in [0.5, 0.6) is 0 Å². The average Bonchev–Trinajstić information content (AvgIpc) is 2.78. The van der Waals surface area contributed by atoms with E-state index in [1.807, 2.05) is 0 Å². The van der Waals surface area contributed by atoms with E-state index < -0.39 is 5.97 Å². The van der Waals surface area contributed by atoms with Crippen molar-refractivity contribution in [3.63, 3.8) is 0 Å². The lowest BCUT2D eigenvalue weighted by Crippen LogP contribution is -2.10. The quantitative estimate of drug-likeness (QED) is 0.924. The van der Waals surface area contributed by atoms with Gasteiger partial charge in [0.15, 0.2) is 0 Å². The predicted octanol–water partition coefficient (Wildman–Crippen LogP) is 3.56. The molecule has 1 aromatic heterocycles. The summed E-state index contributed by atoms with van der Waals surface area (Å²) in [7, 11) is 0. The Hall–Kier alpha value is -1.77. The number of hydrogen-bond acceptors (Lipinski definition) is 1. The van der Waals surface area contributed by atoms with Crippen LogP contribution >= 0.6 is 0 Å². The minimum atomic E-state index is -0.721.